The molecule has 0 aliphatic heterocycles. The second-order valence-electron chi connectivity index (χ2n) is 4.51. The summed E-state index contributed by atoms with van der Waals surface area (Å²) in [6.07, 6.45) is 7.49. The number of aryl methyl sites for hydroxylation is 2. The summed E-state index contributed by atoms with van der Waals surface area (Å²) in [5.74, 6) is 0.0388. The number of nitrogens with zero attached hydrogens (tertiary/aromatic N) is 2. The quantitative estimate of drug-likeness (QED) is 0.769. The minimum Gasteiger partial charge on any atom is -0.356 e. The molecule has 100 valence electrons. The standard InChI is InChI=1S/C14H18N4O/c1-11-13(10-17-18-11)5-3-7-16-14(19)8-12-4-2-6-15-9-12/h2,4,6,9-10H,3,5,7-8H2,1H3,(H,16,19)(H,17,18). The predicted molar refractivity (Wildman–Crippen MR) is 72.6 cm³/mol. The van der Waals surface area contributed by atoms with Crippen LogP contribution < -0.4 is 5.32 Å². The van der Waals surface area contributed by atoms with Crippen molar-refractivity contribution >= 4 is 5.91 Å². The molecule has 0 aromatic carbocycles. The van der Waals surface area contributed by atoms with Crippen molar-refractivity contribution in [1.29, 1.82) is 0 Å². The molecule has 2 heterocycles. The minimum atomic E-state index is 0.0388. The van der Waals surface area contributed by atoms with E-state index in [1.54, 1.807) is 12.4 Å². The fourth-order valence-electron chi connectivity index (χ4n) is 1.88. The van der Waals surface area contributed by atoms with Crippen molar-refractivity contribution in [3.05, 3.63) is 47.5 Å². The van der Waals surface area contributed by atoms with E-state index < -0.39 is 0 Å². The third-order valence-electron chi connectivity index (χ3n) is 2.97. The van der Waals surface area contributed by atoms with Crippen LogP contribution in [-0.4, -0.2) is 27.6 Å². The first-order valence-corrected chi connectivity index (χ1v) is 6.40. The van der Waals surface area contributed by atoms with Crippen molar-refractivity contribution in [2.24, 2.45) is 0 Å². The van der Waals surface area contributed by atoms with Gasteiger partial charge in [0, 0.05) is 24.6 Å². The molecular weight excluding hydrogens is 240 g/mol. The third kappa shape index (κ3) is 4.21. The molecule has 0 aliphatic carbocycles. The van der Waals surface area contributed by atoms with Crippen LogP contribution in [0.15, 0.2) is 30.7 Å². The van der Waals surface area contributed by atoms with Crippen molar-refractivity contribution in [3.8, 4) is 0 Å². The Kier molecular flexibility index (Phi) is 4.66. The van der Waals surface area contributed by atoms with Crippen LogP contribution in [-0.2, 0) is 17.6 Å². The van der Waals surface area contributed by atoms with E-state index in [-0.39, 0.29) is 5.91 Å². The zero-order valence-electron chi connectivity index (χ0n) is 11.0. The second-order valence-corrected chi connectivity index (χ2v) is 4.51. The van der Waals surface area contributed by atoms with Crippen LogP contribution in [0.2, 0.25) is 0 Å². The van der Waals surface area contributed by atoms with Crippen LogP contribution in [0.5, 0.6) is 0 Å². The summed E-state index contributed by atoms with van der Waals surface area (Å²) < 4.78 is 0. The molecular formula is C14H18N4O. The van der Waals surface area contributed by atoms with Crippen LogP contribution >= 0.6 is 0 Å². The van der Waals surface area contributed by atoms with Crippen LogP contribution in [0.3, 0.4) is 0 Å². The van der Waals surface area contributed by atoms with Gasteiger partial charge in [0.25, 0.3) is 0 Å². The molecule has 5 heteroatoms. The molecule has 2 aromatic rings. The van der Waals surface area contributed by atoms with E-state index in [9.17, 15) is 4.79 Å². The summed E-state index contributed by atoms with van der Waals surface area (Å²) in [7, 11) is 0. The van der Waals surface area contributed by atoms with Gasteiger partial charge in [-0.3, -0.25) is 14.9 Å². The molecule has 1 amide bonds. The molecule has 5 nitrogen and oxygen atoms in total. The maximum atomic E-state index is 11.7. The number of amides is 1. The van der Waals surface area contributed by atoms with Gasteiger partial charge in [0.1, 0.15) is 0 Å². The molecule has 0 aliphatic rings. The van der Waals surface area contributed by atoms with Crippen molar-refractivity contribution < 1.29 is 4.79 Å². The molecule has 19 heavy (non-hydrogen) atoms. The van der Waals surface area contributed by atoms with E-state index in [0.717, 1.165) is 24.1 Å². The number of hydrogen-bond acceptors (Lipinski definition) is 3. The smallest absolute Gasteiger partial charge is 0.224 e. The van der Waals surface area contributed by atoms with Gasteiger partial charge < -0.3 is 5.32 Å². The van der Waals surface area contributed by atoms with E-state index in [2.05, 4.69) is 20.5 Å². The minimum absolute atomic E-state index is 0.0388. The Morgan fingerprint density at radius 3 is 3.00 bits per heavy atom. The van der Waals surface area contributed by atoms with E-state index >= 15 is 0 Å². The molecule has 0 radical (unpaired) electrons. The Morgan fingerprint density at radius 1 is 1.42 bits per heavy atom. The Balaban J connectivity index is 1.66. The lowest BCUT2D eigenvalue weighted by Gasteiger charge is -2.05. The fraction of sp³-hybridized carbons (Fsp3) is 0.357. The summed E-state index contributed by atoms with van der Waals surface area (Å²) in [4.78, 5) is 15.7. The summed E-state index contributed by atoms with van der Waals surface area (Å²) in [6.45, 7) is 2.69. The highest BCUT2D eigenvalue weighted by molar-refractivity contribution is 5.78. The Labute approximate surface area is 112 Å². The number of carbonyl (C=O) groups excluding carboxylic acids is 1. The lowest BCUT2D eigenvalue weighted by molar-refractivity contribution is -0.120. The van der Waals surface area contributed by atoms with E-state index in [1.807, 2.05) is 25.3 Å². The first-order valence-electron chi connectivity index (χ1n) is 6.40. The number of nitrogens with one attached hydrogen (secondary N) is 2. The molecule has 0 unspecified atom stereocenters. The normalized spacial score (nSPS) is 10.4. The van der Waals surface area contributed by atoms with Crippen molar-refractivity contribution in [1.82, 2.24) is 20.5 Å². The average Bonchev–Trinajstić information content (AvgIpc) is 2.81. The van der Waals surface area contributed by atoms with Gasteiger partial charge in [0.2, 0.25) is 5.91 Å². The second kappa shape index (κ2) is 6.68. The molecule has 0 spiro atoms. The molecule has 0 bridgehead atoms. The van der Waals surface area contributed by atoms with Gasteiger partial charge in [-0.2, -0.15) is 5.10 Å². The molecule has 2 rings (SSSR count). The van der Waals surface area contributed by atoms with E-state index in [1.165, 1.54) is 5.56 Å². The van der Waals surface area contributed by atoms with Crippen molar-refractivity contribution in [3.63, 3.8) is 0 Å². The Hall–Kier alpha value is -2.17. The number of hydrogen-bond donors (Lipinski definition) is 2. The maximum absolute atomic E-state index is 11.7. The van der Waals surface area contributed by atoms with Crippen LogP contribution in [0.25, 0.3) is 0 Å². The van der Waals surface area contributed by atoms with Crippen LogP contribution in [0.4, 0.5) is 0 Å². The largest absolute Gasteiger partial charge is 0.356 e. The first-order chi connectivity index (χ1) is 9.25. The predicted octanol–water partition coefficient (Wildman–Crippen LogP) is 1.40. The van der Waals surface area contributed by atoms with Gasteiger partial charge in [0.05, 0.1) is 12.6 Å². The zero-order valence-corrected chi connectivity index (χ0v) is 11.0. The summed E-state index contributed by atoms with van der Waals surface area (Å²) in [5.41, 5.74) is 3.24. The topological polar surface area (TPSA) is 70.7 Å². The number of carbonyl (C=O) groups is 1. The van der Waals surface area contributed by atoms with Crippen molar-refractivity contribution in [2.75, 3.05) is 6.54 Å². The van der Waals surface area contributed by atoms with Gasteiger partial charge in [-0.15, -0.1) is 0 Å². The van der Waals surface area contributed by atoms with Gasteiger partial charge >= 0.3 is 0 Å². The highest BCUT2D eigenvalue weighted by atomic mass is 16.1. The number of aromatic amines is 1. The van der Waals surface area contributed by atoms with E-state index in [0.29, 0.717) is 13.0 Å². The summed E-state index contributed by atoms with van der Waals surface area (Å²) in [6, 6.07) is 3.74. The zero-order chi connectivity index (χ0) is 13.5. The molecule has 0 fully saturated rings. The number of rotatable bonds is 6. The molecule has 2 N–H and O–H groups in total. The maximum Gasteiger partial charge on any atom is 0.224 e. The van der Waals surface area contributed by atoms with Gasteiger partial charge in [0.15, 0.2) is 0 Å². The number of H-pyrrole nitrogens is 1. The highest BCUT2D eigenvalue weighted by Crippen LogP contribution is 2.05. The number of aromatic nitrogens is 3. The monoisotopic (exact) mass is 258 g/mol. The fourth-order valence-corrected chi connectivity index (χ4v) is 1.88. The first kappa shape index (κ1) is 13.3. The third-order valence-corrected chi connectivity index (χ3v) is 2.97. The number of pyridine rings is 1. The van der Waals surface area contributed by atoms with Gasteiger partial charge in [-0.1, -0.05) is 6.07 Å². The SMILES string of the molecule is Cc1[nH]ncc1CCCNC(=O)Cc1cccnc1. The molecule has 2 aromatic heterocycles. The van der Waals surface area contributed by atoms with Crippen molar-refractivity contribution in [2.45, 2.75) is 26.2 Å². The molecule has 0 saturated carbocycles. The van der Waals surface area contributed by atoms with Crippen LogP contribution in [0, 0.1) is 6.92 Å². The van der Waals surface area contributed by atoms with Gasteiger partial charge in [-0.05, 0) is 37.0 Å². The highest BCUT2D eigenvalue weighted by Gasteiger charge is 2.03. The molecule has 0 atom stereocenters. The Morgan fingerprint density at radius 2 is 2.32 bits per heavy atom. The summed E-state index contributed by atoms with van der Waals surface area (Å²) >= 11 is 0. The van der Waals surface area contributed by atoms with Crippen LogP contribution in [0.1, 0.15) is 23.2 Å². The lowest BCUT2D eigenvalue weighted by Crippen LogP contribution is -2.26. The average molecular weight is 258 g/mol. The Bertz CT molecular complexity index is 521. The lowest BCUT2D eigenvalue weighted by atomic mass is 10.1. The summed E-state index contributed by atoms with van der Waals surface area (Å²) in [5, 5.41) is 9.79. The van der Waals surface area contributed by atoms with E-state index in [4.69, 9.17) is 0 Å². The van der Waals surface area contributed by atoms with Gasteiger partial charge in [-0.25, -0.2) is 0 Å². The molecule has 0 saturated heterocycles.